The Labute approximate surface area is 160 Å². The van der Waals surface area contributed by atoms with Crippen LogP contribution in [0, 0.1) is 0 Å². The monoisotopic (exact) mass is 366 g/mol. The van der Waals surface area contributed by atoms with Gasteiger partial charge in [-0.05, 0) is 30.5 Å². The van der Waals surface area contributed by atoms with Crippen LogP contribution in [-0.4, -0.2) is 43.4 Å². The number of hydrogen-bond acceptors (Lipinski definition) is 3. The summed E-state index contributed by atoms with van der Waals surface area (Å²) < 4.78 is 5.21. The predicted molar refractivity (Wildman–Crippen MR) is 107 cm³/mol. The molecule has 0 aliphatic carbocycles. The number of benzene rings is 1. The molecule has 6 heteroatoms. The summed E-state index contributed by atoms with van der Waals surface area (Å²) in [6.07, 6.45) is 5.87. The lowest BCUT2D eigenvalue weighted by Crippen LogP contribution is -2.47. The van der Waals surface area contributed by atoms with E-state index in [1.807, 2.05) is 12.1 Å². The summed E-state index contributed by atoms with van der Waals surface area (Å²) in [5, 5.41) is 5.97. The van der Waals surface area contributed by atoms with Crippen molar-refractivity contribution in [1.82, 2.24) is 15.5 Å². The van der Waals surface area contributed by atoms with Crippen LogP contribution in [0.1, 0.15) is 24.2 Å². The standard InChI is InChI=1S/C21H26N4O2/c1-22-21(24-16-20(26)23-15-19-8-5-13-27-19)25-11-9-18(10-12-25)14-17-6-3-2-4-7-17/h2-8,13-14H,9-12,15-16H2,1H3,(H,22,24)(H,23,26). The van der Waals surface area contributed by atoms with Crippen LogP contribution in [0.5, 0.6) is 0 Å². The number of carbonyl (C=O) groups excluding carboxylic acids is 1. The average molecular weight is 366 g/mol. The maximum Gasteiger partial charge on any atom is 0.239 e. The molecule has 1 aromatic carbocycles. The van der Waals surface area contributed by atoms with Crippen molar-refractivity contribution < 1.29 is 9.21 Å². The van der Waals surface area contributed by atoms with Crippen molar-refractivity contribution in [3.63, 3.8) is 0 Å². The minimum atomic E-state index is -0.0887. The van der Waals surface area contributed by atoms with Gasteiger partial charge in [-0.15, -0.1) is 0 Å². The van der Waals surface area contributed by atoms with Crippen molar-refractivity contribution >= 4 is 17.9 Å². The molecule has 1 saturated heterocycles. The summed E-state index contributed by atoms with van der Waals surface area (Å²) in [6.45, 7) is 2.37. The normalized spacial score (nSPS) is 14.8. The van der Waals surface area contributed by atoms with E-state index < -0.39 is 0 Å². The van der Waals surface area contributed by atoms with E-state index in [0.717, 1.165) is 37.7 Å². The van der Waals surface area contributed by atoms with Gasteiger partial charge in [0.2, 0.25) is 5.91 Å². The first-order valence-corrected chi connectivity index (χ1v) is 9.24. The number of guanidine groups is 1. The molecular formula is C21H26N4O2. The van der Waals surface area contributed by atoms with Crippen LogP contribution < -0.4 is 10.6 Å². The zero-order valence-electron chi connectivity index (χ0n) is 15.6. The summed E-state index contributed by atoms with van der Waals surface area (Å²) in [5.74, 6) is 1.41. The number of hydrogen-bond donors (Lipinski definition) is 2. The van der Waals surface area contributed by atoms with Crippen LogP contribution in [0.25, 0.3) is 6.08 Å². The van der Waals surface area contributed by atoms with Crippen LogP contribution in [0.3, 0.4) is 0 Å². The Balaban J connectivity index is 1.43. The van der Waals surface area contributed by atoms with Crippen molar-refractivity contribution in [3.8, 4) is 0 Å². The Morgan fingerprint density at radius 3 is 2.59 bits per heavy atom. The maximum absolute atomic E-state index is 12.0. The summed E-state index contributed by atoms with van der Waals surface area (Å²) in [5.41, 5.74) is 2.70. The van der Waals surface area contributed by atoms with Crippen molar-refractivity contribution in [2.75, 3.05) is 26.7 Å². The number of amides is 1. The Morgan fingerprint density at radius 2 is 1.93 bits per heavy atom. The lowest BCUT2D eigenvalue weighted by Gasteiger charge is -2.31. The van der Waals surface area contributed by atoms with Gasteiger partial charge in [0.25, 0.3) is 0 Å². The van der Waals surface area contributed by atoms with E-state index in [1.54, 1.807) is 19.4 Å². The van der Waals surface area contributed by atoms with Gasteiger partial charge in [0.05, 0.1) is 19.4 Å². The summed E-state index contributed by atoms with van der Waals surface area (Å²) >= 11 is 0. The quantitative estimate of drug-likeness (QED) is 0.630. The van der Waals surface area contributed by atoms with E-state index in [1.165, 1.54) is 11.1 Å². The Bertz CT molecular complexity index is 772. The fourth-order valence-electron chi connectivity index (χ4n) is 3.09. The molecule has 2 aromatic rings. The van der Waals surface area contributed by atoms with E-state index in [-0.39, 0.29) is 12.5 Å². The third-order valence-corrected chi connectivity index (χ3v) is 4.53. The number of piperidine rings is 1. The van der Waals surface area contributed by atoms with Gasteiger partial charge in [-0.25, -0.2) is 0 Å². The Morgan fingerprint density at radius 1 is 1.15 bits per heavy atom. The lowest BCUT2D eigenvalue weighted by atomic mass is 10.0. The molecule has 0 unspecified atom stereocenters. The van der Waals surface area contributed by atoms with Gasteiger partial charge in [-0.1, -0.05) is 42.0 Å². The maximum atomic E-state index is 12.0. The molecule has 0 spiro atoms. The number of nitrogens with one attached hydrogen (secondary N) is 2. The first kappa shape index (κ1) is 18.8. The fraction of sp³-hybridized carbons (Fsp3) is 0.333. The molecule has 1 aliphatic rings. The second-order valence-electron chi connectivity index (χ2n) is 6.46. The molecule has 1 aliphatic heterocycles. The number of furan rings is 1. The van der Waals surface area contributed by atoms with Crippen LogP contribution in [0.2, 0.25) is 0 Å². The third-order valence-electron chi connectivity index (χ3n) is 4.53. The van der Waals surface area contributed by atoms with Gasteiger partial charge >= 0.3 is 0 Å². The molecule has 142 valence electrons. The number of carbonyl (C=O) groups is 1. The SMILES string of the molecule is CN=C(NCC(=O)NCc1ccco1)N1CCC(=Cc2ccccc2)CC1. The minimum Gasteiger partial charge on any atom is -0.467 e. The van der Waals surface area contributed by atoms with Crippen LogP contribution in [0.15, 0.2) is 63.7 Å². The molecule has 6 nitrogen and oxygen atoms in total. The van der Waals surface area contributed by atoms with E-state index >= 15 is 0 Å². The highest BCUT2D eigenvalue weighted by Gasteiger charge is 2.17. The van der Waals surface area contributed by atoms with Crippen LogP contribution in [-0.2, 0) is 11.3 Å². The Kier molecular flexibility index (Phi) is 6.68. The van der Waals surface area contributed by atoms with Gasteiger partial charge in [-0.3, -0.25) is 9.79 Å². The van der Waals surface area contributed by atoms with Gasteiger partial charge < -0.3 is 20.0 Å². The summed E-state index contributed by atoms with van der Waals surface area (Å²) in [4.78, 5) is 18.5. The second-order valence-corrected chi connectivity index (χ2v) is 6.46. The molecule has 1 aromatic heterocycles. The molecule has 3 rings (SSSR count). The largest absolute Gasteiger partial charge is 0.467 e. The van der Waals surface area contributed by atoms with Crippen molar-refractivity contribution in [2.45, 2.75) is 19.4 Å². The van der Waals surface area contributed by atoms with Crippen molar-refractivity contribution in [1.29, 1.82) is 0 Å². The van der Waals surface area contributed by atoms with Gasteiger partial charge in [0, 0.05) is 20.1 Å². The molecule has 2 N–H and O–H groups in total. The van der Waals surface area contributed by atoms with E-state index in [2.05, 4.69) is 50.9 Å². The zero-order valence-corrected chi connectivity index (χ0v) is 15.6. The molecule has 27 heavy (non-hydrogen) atoms. The molecule has 1 amide bonds. The minimum absolute atomic E-state index is 0.0887. The topological polar surface area (TPSA) is 69.9 Å². The summed E-state index contributed by atoms with van der Waals surface area (Å²) in [6, 6.07) is 14.0. The molecular weight excluding hydrogens is 340 g/mol. The molecule has 0 bridgehead atoms. The highest BCUT2D eigenvalue weighted by Crippen LogP contribution is 2.19. The smallest absolute Gasteiger partial charge is 0.239 e. The van der Waals surface area contributed by atoms with Gasteiger partial charge in [0.15, 0.2) is 5.96 Å². The molecule has 0 saturated carbocycles. The first-order valence-electron chi connectivity index (χ1n) is 9.24. The lowest BCUT2D eigenvalue weighted by molar-refractivity contribution is -0.120. The van der Waals surface area contributed by atoms with Crippen molar-refractivity contribution in [2.24, 2.45) is 4.99 Å². The third kappa shape index (κ3) is 5.74. The highest BCUT2D eigenvalue weighted by atomic mass is 16.3. The second kappa shape index (κ2) is 9.62. The molecule has 1 fully saturated rings. The summed E-state index contributed by atoms with van der Waals surface area (Å²) in [7, 11) is 1.75. The molecule has 0 atom stereocenters. The predicted octanol–water partition coefficient (Wildman–Crippen LogP) is 2.65. The fourth-order valence-corrected chi connectivity index (χ4v) is 3.09. The van der Waals surface area contributed by atoms with Crippen LogP contribution >= 0.6 is 0 Å². The highest BCUT2D eigenvalue weighted by molar-refractivity contribution is 5.86. The van der Waals surface area contributed by atoms with E-state index in [9.17, 15) is 4.79 Å². The number of rotatable bonds is 5. The number of aliphatic imine (C=N–C) groups is 1. The van der Waals surface area contributed by atoms with Gasteiger partial charge in [0.1, 0.15) is 5.76 Å². The van der Waals surface area contributed by atoms with Crippen LogP contribution in [0.4, 0.5) is 0 Å². The average Bonchev–Trinajstić information content (AvgIpc) is 3.22. The zero-order chi connectivity index (χ0) is 18.9. The van der Waals surface area contributed by atoms with Gasteiger partial charge in [-0.2, -0.15) is 0 Å². The van der Waals surface area contributed by atoms with E-state index in [0.29, 0.717) is 6.54 Å². The molecule has 0 radical (unpaired) electrons. The number of likely N-dealkylation sites (tertiary alicyclic amines) is 1. The Hall–Kier alpha value is -3.02. The van der Waals surface area contributed by atoms with E-state index in [4.69, 9.17) is 4.42 Å². The molecule has 2 heterocycles. The number of nitrogens with zero attached hydrogens (tertiary/aromatic N) is 2. The first-order chi connectivity index (χ1) is 13.2. The van der Waals surface area contributed by atoms with Crippen molar-refractivity contribution in [3.05, 3.63) is 65.6 Å².